The van der Waals surface area contributed by atoms with Crippen molar-refractivity contribution < 1.29 is 4.74 Å². The second kappa shape index (κ2) is 6.83. The maximum absolute atomic E-state index is 5.47. The van der Waals surface area contributed by atoms with Crippen LogP contribution in [-0.2, 0) is 4.74 Å². The van der Waals surface area contributed by atoms with Crippen LogP contribution in [0, 0.1) is 0 Å². The number of nitrogens with one attached hydrogen (secondary N) is 2. The third-order valence-electron chi connectivity index (χ3n) is 3.38. The molecule has 0 aromatic carbocycles. The number of rotatable bonds is 5. The van der Waals surface area contributed by atoms with Gasteiger partial charge in [0.25, 0.3) is 0 Å². The van der Waals surface area contributed by atoms with Crippen LogP contribution in [0.4, 0.5) is 0 Å². The van der Waals surface area contributed by atoms with Gasteiger partial charge in [-0.2, -0.15) is 0 Å². The summed E-state index contributed by atoms with van der Waals surface area (Å²) in [6.07, 6.45) is 4.78. The van der Waals surface area contributed by atoms with Gasteiger partial charge >= 0.3 is 0 Å². The molecule has 0 aliphatic carbocycles. The van der Waals surface area contributed by atoms with Crippen molar-refractivity contribution in [2.75, 3.05) is 19.8 Å². The molecule has 1 aliphatic rings. The normalized spacial score (nSPS) is 23.6. The molecule has 1 aromatic heterocycles. The van der Waals surface area contributed by atoms with Gasteiger partial charge in [-0.3, -0.25) is 4.98 Å². The molecule has 4 heteroatoms. The lowest BCUT2D eigenvalue weighted by Crippen LogP contribution is -2.45. The number of morpholine rings is 1. The Kier molecular flexibility index (Phi) is 5.11. The molecular weight excluding hydrogens is 226 g/mol. The molecule has 0 amide bonds. The van der Waals surface area contributed by atoms with Crippen LogP contribution in [-0.4, -0.2) is 36.8 Å². The van der Waals surface area contributed by atoms with E-state index >= 15 is 0 Å². The second-order valence-electron chi connectivity index (χ2n) is 5.03. The van der Waals surface area contributed by atoms with E-state index in [1.807, 2.05) is 12.4 Å². The molecule has 1 aromatic rings. The highest BCUT2D eigenvalue weighted by Gasteiger charge is 2.17. The van der Waals surface area contributed by atoms with Crippen LogP contribution in [0.5, 0.6) is 0 Å². The Morgan fingerprint density at radius 3 is 2.89 bits per heavy atom. The smallest absolute Gasteiger partial charge is 0.0620 e. The molecule has 2 unspecified atom stereocenters. The molecule has 1 saturated heterocycles. The van der Waals surface area contributed by atoms with Gasteiger partial charge in [-0.1, -0.05) is 0 Å². The van der Waals surface area contributed by atoms with Crippen molar-refractivity contribution in [3.8, 4) is 0 Å². The van der Waals surface area contributed by atoms with Crippen LogP contribution in [0.3, 0.4) is 0 Å². The fraction of sp³-hybridized carbons (Fsp3) is 0.643. The number of pyridine rings is 1. The Hall–Kier alpha value is -0.970. The van der Waals surface area contributed by atoms with E-state index in [0.29, 0.717) is 18.1 Å². The van der Waals surface area contributed by atoms with Crippen molar-refractivity contribution in [1.82, 2.24) is 15.6 Å². The van der Waals surface area contributed by atoms with Crippen LogP contribution in [0.1, 0.15) is 31.9 Å². The molecule has 1 fully saturated rings. The summed E-state index contributed by atoms with van der Waals surface area (Å²) in [6.45, 7) is 7.06. The molecule has 0 bridgehead atoms. The van der Waals surface area contributed by atoms with Gasteiger partial charge in [0.1, 0.15) is 0 Å². The Morgan fingerprint density at radius 1 is 1.44 bits per heavy atom. The van der Waals surface area contributed by atoms with E-state index in [1.54, 1.807) is 0 Å². The van der Waals surface area contributed by atoms with Crippen LogP contribution in [0.15, 0.2) is 24.5 Å². The summed E-state index contributed by atoms with van der Waals surface area (Å²) in [7, 11) is 0. The van der Waals surface area contributed by atoms with E-state index in [-0.39, 0.29) is 0 Å². The lowest BCUT2D eigenvalue weighted by molar-refractivity contribution is 0.0708. The first-order chi connectivity index (χ1) is 8.75. The van der Waals surface area contributed by atoms with Crippen LogP contribution >= 0.6 is 0 Å². The average Bonchev–Trinajstić information content (AvgIpc) is 2.40. The molecule has 0 radical (unpaired) electrons. The monoisotopic (exact) mass is 249 g/mol. The van der Waals surface area contributed by atoms with Crippen molar-refractivity contribution in [1.29, 1.82) is 0 Å². The predicted octanol–water partition coefficient (Wildman–Crippen LogP) is 1.50. The summed E-state index contributed by atoms with van der Waals surface area (Å²) in [5.41, 5.74) is 1.28. The van der Waals surface area contributed by atoms with Gasteiger partial charge in [0.2, 0.25) is 0 Å². The maximum atomic E-state index is 5.47. The minimum absolute atomic E-state index is 0.354. The standard InChI is InChI=1S/C14H23N3O/c1-11(9-14-10-18-8-7-16-14)17-12(2)13-3-5-15-6-4-13/h3-6,11-12,14,16-17H,7-10H2,1-2H3/t11?,12-,14?/m1/s1. The SMILES string of the molecule is CC(CC1COCCN1)N[C@H](C)c1ccncc1. The third kappa shape index (κ3) is 4.05. The zero-order chi connectivity index (χ0) is 12.8. The molecular formula is C14H23N3O. The zero-order valence-corrected chi connectivity index (χ0v) is 11.2. The predicted molar refractivity (Wildman–Crippen MR) is 72.5 cm³/mol. The van der Waals surface area contributed by atoms with Gasteiger partial charge in [-0.15, -0.1) is 0 Å². The van der Waals surface area contributed by atoms with Crippen molar-refractivity contribution in [3.05, 3.63) is 30.1 Å². The van der Waals surface area contributed by atoms with Crippen LogP contribution in [0.2, 0.25) is 0 Å². The zero-order valence-electron chi connectivity index (χ0n) is 11.2. The van der Waals surface area contributed by atoms with Gasteiger partial charge < -0.3 is 15.4 Å². The van der Waals surface area contributed by atoms with Crippen molar-refractivity contribution in [2.24, 2.45) is 0 Å². The quantitative estimate of drug-likeness (QED) is 0.830. The largest absolute Gasteiger partial charge is 0.379 e. The van der Waals surface area contributed by atoms with E-state index in [0.717, 1.165) is 26.2 Å². The van der Waals surface area contributed by atoms with Gasteiger partial charge in [-0.05, 0) is 38.0 Å². The Labute approximate surface area is 109 Å². The first-order valence-corrected chi connectivity index (χ1v) is 6.73. The molecule has 2 rings (SSSR count). The molecule has 1 aliphatic heterocycles. The molecule has 3 atom stereocenters. The maximum Gasteiger partial charge on any atom is 0.0620 e. The molecule has 100 valence electrons. The summed E-state index contributed by atoms with van der Waals surface area (Å²) in [4.78, 5) is 4.05. The first kappa shape index (κ1) is 13.5. The summed E-state index contributed by atoms with van der Waals surface area (Å²) in [6, 6.07) is 5.42. The molecule has 0 spiro atoms. The van der Waals surface area contributed by atoms with Gasteiger partial charge in [0.05, 0.1) is 13.2 Å². The molecule has 2 heterocycles. The van der Waals surface area contributed by atoms with E-state index in [2.05, 4.69) is 41.6 Å². The Bertz CT molecular complexity index is 338. The molecule has 0 saturated carbocycles. The topological polar surface area (TPSA) is 46.2 Å². The summed E-state index contributed by atoms with van der Waals surface area (Å²) < 4.78 is 5.47. The Morgan fingerprint density at radius 2 is 2.22 bits per heavy atom. The van der Waals surface area contributed by atoms with Crippen molar-refractivity contribution in [2.45, 2.75) is 38.4 Å². The van der Waals surface area contributed by atoms with Crippen molar-refractivity contribution in [3.63, 3.8) is 0 Å². The van der Waals surface area contributed by atoms with Gasteiger partial charge in [0.15, 0.2) is 0 Å². The summed E-state index contributed by atoms with van der Waals surface area (Å²) >= 11 is 0. The fourth-order valence-corrected chi connectivity index (χ4v) is 2.44. The van der Waals surface area contributed by atoms with E-state index in [1.165, 1.54) is 5.56 Å². The third-order valence-corrected chi connectivity index (χ3v) is 3.38. The van der Waals surface area contributed by atoms with Crippen LogP contribution < -0.4 is 10.6 Å². The average molecular weight is 249 g/mol. The number of hydrogen-bond donors (Lipinski definition) is 2. The number of ether oxygens (including phenoxy) is 1. The first-order valence-electron chi connectivity index (χ1n) is 6.73. The number of nitrogens with zero attached hydrogens (tertiary/aromatic N) is 1. The molecule has 4 nitrogen and oxygen atoms in total. The minimum atomic E-state index is 0.354. The van der Waals surface area contributed by atoms with E-state index in [9.17, 15) is 0 Å². The number of hydrogen-bond acceptors (Lipinski definition) is 4. The van der Waals surface area contributed by atoms with Crippen molar-refractivity contribution >= 4 is 0 Å². The highest BCUT2D eigenvalue weighted by Crippen LogP contribution is 2.13. The lowest BCUT2D eigenvalue weighted by atomic mass is 10.1. The fourth-order valence-electron chi connectivity index (χ4n) is 2.44. The van der Waals surface area contributed by atoms with Gasteiger partial charge in [0, 0.05) is 37.1 Å². The second-order valence-corrected chi connectivity index (χ2v) is 5.03. The lowest BCUT2D eigenvalue weighted by Gasteiger charge is -2.28. The van der Waals surface area contributed by atoms with Crippen LogP contribution in [0.25, 0.3) is 0 Å². The number of aromatic nitrogens is 1. The summed E-state index contributed by atoms with van der Waals surface area (Å²) in [5, 5.41) is 7.11. The molecule has 2 N–H and O–H groups in total. The molecule has 18 heavy (non-hydrogen) atoms. The van der Waals surface area contributed by atoms with Gasteiger partial charge in [-0.25, -0.2) is 0 Å². The Balaban J connectivity index is 1.78. The van der Waals surface area contributed by atoms with E-state index < -0.39 is 0 Å². The van der Waals surface area contributed by atoms with E-state index in [4.69, 9.17) is 4.74 Å². The minimum Gasteiger partial charge on any atom is -0.379 e. The highest BCUT2D eigenvalue weighted by molar-refractivity contribution is 5.14. The summed E-state index contributed by atoms with van der Waals surface area (Å²) in [5.74, 6) is 0. The highest BCUT2D eigenvalue weighted by atomic mass is 16.5.